The highest BCUT2D eigenvalue weighted by Gasteiger charge is 2.08. The van der Waals surface area contributed by atoms with Crippen molar-refractivity contribution >= 4 is 6.79 Å². The van der Waals surface area contributed by atoms with Gasteiger partial charge in [0.25, 0.3) is 5.09 Å². The van der Waals surface area contributed by atoms with E-state index in [0.29, 0.717) is 25.6 Å². The summed E-state index contributed by atoms with van der Waals surface area (Å²) in [6.07, 6.45) is 5.61. The largest absolute Gasteiger partial charge is 0.400 e. The van der Waals surface area contributed by atoms with Crippen LogP contribution in [0.4, 0.5) is 0 Å². The fraction of sp³-hybridized carbons (Fsp3) is 0.720. The molecule has 11 nitrogen and oxygen atoms in total. The molecular weight excluding hydrogens is 472 g/mol. The van der Waals surface area contributed by atoms with Crippen molar-refractivity contribution in [3.05, 3.63) is 50.9 Å². The van der Waals surface area contributed by atoms with Crippen LogP contribution in [0.3, 0.4) is 0 Å². The summed E-state index contributed by atoms with van der Waals surface area (Å²) in [5.41, 5.74) is 1.22. The molecule has 0 spiro atoms. The van der Waals surface area contributed by atoms with Gasteiger partial charge in [0.1, 0.15) is 12.9 Å². The zero-order chi connectivity index (χ0) is 29.0. The summed E-state index contributed by atoms with van der Waals surface area (Å²) in [6, 6.07) is 10.1. The normalized spacial score (nSPS) is 10.1. The van der Waals surface area contributed by atoms with Gasteiger partial charge in [0.05, 0.1) is 13.2 Å². The highest BCUT2D eigenvalue weighted by atomic mass is 17.3. The third-order valence-electron chi connectivity index (χ3n) is 3.67. The van der Waals surface area contributed by atoms with E-state index in [0.717, 1.165) is 32.8 Å². The Morgan fingerprint density at radius 3 is 1.89 bits per heavy atom. The zero-order valence-electron chi connectivity index (χ0n) is 23.5. The van der Waals surface area contributed by atoms with Crippen LogP contribution in [0.15, 0.2) is 35.7 Å². The van der Waals surface area contributed by atoms with Gasteiger partial charge in [0.2, 0.25) is 0 Å². The first-order chi connectivity index (χ1) is 17.4. The smallest absolute Gasteiger partial charge is 0.294 e. The molecular formula is C25H50N2O9. The Morgan fingerprint density at radius 2 is 1.53 bits per heavy atom. The molecule has 0 radical (unpaired) electrons. The molecule has 0 fully saturated rings. The molecule has 0 saturated heterocycles. The Labute approximate surface area is 217 Å². The van der Waals surface area contributed by atoms with Crippen LogP contribution in [-0.2, 0) is 30.9 Å². The van der Waals surface area contributed by atoms with E-state index in [9.17, 15) is 15.0 Å². The lowest BCUT2D eigenvalue weighted by Crippen LogP contribution is -2.15. The number of aliphatic hydroxyl groups excluding tert-OH is 1. The van der Waals surface area contributed by atoms with Crippen LogP contribution >= 0.6 is 0 Å². The van der Waals surface area contributed by atoms with E-state index in [1.165, 1.54) is 12.0 Å². The van der Waals surface area contributed by atoms with Crippen molar-refractivity contribution in [1.82, 2.24) is 0 Å². The number of ether oxygens (including phenoxy) is 1. The van der Waals surface area contributed by atoms with Gasteiger partial charge in [0, 0.05) is 14.2 Å². The molecule has 1 rings (SSSR count). The van der Waals surface area contributed by atoms with Crippen molar-refractivity contribution in [2.45, 2.75) is 92.8 Å². The minimum Gasteiger partial charge on any atom is -0.400 e. The molecule has 0 aliphatic heterocycles. The van der Waals surface area contributed by atoms with Gasteiger partial charge in [-0.3, -0.25) is 0 Å². The van der Waals surface area contributed by atoms with E-state index in [-0.39, 0.29) is 6.10 Å². The van der Waals surface area contributed by atoms with E-state index in [1.807, 2.05) is 57.9 Å². The molecule has 11 heteroatoms. The average Bonchev–Trinajstić information content (AvgIpc) is 2.88. The first-order valence-corrected chi connectivity index (χ1v) is 12.0. The third-order valence-corrected chi connectivity index (χ3v) is 3.67. The number of carbonyl (C=O) groups is 1. The molecule has 2 atom stereocenters. The second-order valence-electron chi connectivity index (χ2n) is 7.10. The summed E-state index contributed by atoms with van der Waals surface area (Å²) in [7, 11) is 2.70. The van der Waals surface area contributed by atoms with Crippen molar-refractivity contribution in [2.24, 2.45) is 11.3 Å². The van der Waals surface area contributed by atoms with Crippen molar-refractivity contribution in [3.63, 3.8) is 0 Å². The molecule has 0 bridgehead atoms. The van der Waals surface area contributed by atoms with Gasteiger partial charge in [0.15, 0.2) is 5.34 Å². The van der Waals surface area contributed by atoms with E-state index < -0.39 is 5.09 Å². The quantitative estimate of drug-likeness (QED) is 0.101. The monoisotopic (exact) mass is 522 g/mol. The number of aliphatic hydroxyl groups is 1. The number of benzene rings is 1. The van der Waals surface area contributed by atoms with E-state index in [2.05, 4.69) is 40.8 Å². The molecule has 2 unspecified atom stereocenters. The number of nitrogens with zero attached hydrogens (tertiary/aromatic N) is 2. The Kier molecular flexibility index (Phi) is 51.3. The highest BCUT2D eigenvalue weighted by Crippen LogP contribution is 2.06. The van der Waals surface area contributed by atoms with Crippen LogP contribution < -0.4 is 0 Å². The zero-order valence-corrected chi connectivity index (χ0v) is 23.5. The summed E-state index contributed by atoms with van der Waals surface area (Å²) in [5, 5.41) is 18.2. The molecule has 0 aliphatic carbocycles. The lowest BCUT2D eigenvalue weighted by Gasteiger charge is -2.09. The Bertz CT molecular complexity index is 524. The van der Waals surface area contributed by atoms with Crippen LogP contribution in [-0.4, -0.2) is 43.9 Å². The van der Waals surface area contributed by atoms with Gasteiger partial charge >= 0.3 is 0 Å². The minimum absolute atomic E-state index is 0.208. The van der Waals surface area contributed by atoms with Crippen molar-refractivity contribution in [1.29, 1.82) is 0 Å². The topological polar surface area (TPSA) is 147 Å². The van der Waals surface area contributed by atoms with Gasteiger partial charge in [-0.2, -0.15) is 9.88 Å². The summed E-state index contributed by atoms with van der Waals surface area (Å²) >= 11 is 0. The number of methoxy groups -OCH3 is 1. The second-order valence-corrected chi connectivity index (χ2v) is 7.10. The van der Waals surface area contributed by atoms with Gasteiger partial charge in [-0.05, 0) is 30.7 Å². The average molecular weight is 523 g/mol. The van der Waals surface area contributed by atoms with E-state index in [4.69, 9.17) is 14.6 Å². The SMILES string of the molecule is C=O.CCC.CCCC(C)COON=O.CCCC(CC)O[N+](=O)[O-].CO.COCc1ccccc1. The molecule has 1 aromatic carbocycles. The maximum absolute atomic E-state index is 9.83. The first-order valence-electron chi connectivity index (χ1n) is 12.0. The van der Waals surface area contributed by atoms with Gasteiger partial charge in [-0.15, -0.1) is 15.0 Å². The van der Waals surface area contributed by atoms with E-state index in [1.54, 1.807) is 7.11 Å². The first kappa shape index (κ1) is 43.4. The van der Waals surface area contributed by atoms with Crippen LogP contribution in [0.2, 0.25) is 0 Å². The predicted octanol–water partition coefficient (Wildman–Crippen LogP) is 6.50. The molecule has 1 N–H and O–H groups in total. The van der Waals surface area contributed by atoms with Gasteiger partial charge in [-0.1, -0.05) is 91.1 Å². The van der Waals surface area contributed by atoms with Crippen molar-refractivity contribution in [3.8, 4) is 0 Å². The molecule has 0 saturated carbocycles. The number of carbonyl (C=O) groups excluding carboxylic acids is 1. The van der Waals surface area contributed by atoms with Crippen molar-refractivity contribution in [2.75, 3.05) is 20.8 Å². The number of hydrogen-bond donors (Lipinski definition) is 1. The molecule has 0 heterocycles. The Hall–Kier alpha value is -2.63. The minimum atomic E-state index is -0.718. The van der Waals surface area contributed by atoms with E-state index >= 15 is 0 Å². The van der Waals surface area contributed by atoms with Crippen LogP contribution in [0.25, 0.3) is 0 Å². The molecule has 1 aromatic rings. The molecule has 0 aromatic heterocycles. The Balaban J connectivity index is -0.000000118. The Morgan fingerprint density at radius 1 is 1.03 bits per heavy atom. The third kappa shape index (κ3) is 45.0. The number of rotatable bonds is 13. The van der Waals surface area contributed by atoms with Crippen molar-refractivity contribution < 1.29 is 34.4 Å². The maximum Gasteiger partial charge on any atom is 0.294 e. The summed E-state index contributed by atoms with van der Waals surface area (Å²) < 4.78 is 4.93. The second kappa shape index (κ2) is 42.5. The lowest BCUT2D eigenvalue weighted by atomic mass is 10.1. The fourth-order valence-electron chi connectivity index (χ4n) is 2.26. The van der Waals surface area contributed by atoms with Crippen LogP contribution in [0, 0.1) is 20.9 Å². The summed E-state index contributed by atoms with van der Waals surface area (Å²) in [5.74, 6) is 0.423. The van der Waals surface area contributed by atoms with Gasteiger partial charge < -0.3 is 19.5 Å². The number of hydrogen-bond acceptors (Lipinski definition) is 10. The molecule has 36 heavy (non-hydrogen) atoms. The van der Waals surface area contributed by atoms with Gasteiger partial charge in [-0.25, -0.2) is 0 Å². The highest BCUT2D eigenvalue weighted by molar-refractivity contribution is 5.13. The lowest BCUT2D eigenvalue weighted by molar-refractivity contribution is -0.768. The molecule has 0 amide bonds. The summed E-state index contributed by atoms with van der Waals surface area (Å²) in [4.78, 5) is 39.8. The summed E-state index contributed by atoms with van der Waals surface area (Å²) in [6.45, 7) is 15.4. The fourth-order valence-corrected chi connectivity index (χ4v) is 2.26. The standard InChI is InChI=1S/C8H10O.2C6H13NO3.C3H8.CH4O.CH2O/c1-9-7-8-5-3-2-4-6-8;1-3-4-6(2)5-9-10-7-8;1-3-5-6(4-2)10-7(8)9;1-3-2;2*1-2/h2-6H,7H2,1H3;2*6H,3-5H2,1-2H3;3H2,1-2H3;2H,1H3;1H2. The predicted molar refractivity (Wildman–Crippen MR) is 142 cm³/mol. The molecule has 214 valence electrons. The van der Waals surface area contributed by atoms with Crippen LogP contribution in [0.1, 0.15) is 85.6 Å². The molecule has 0 aliphatic rings. The maximum atomic E-state index is 9.83. The van der Waals surface area contributed by atoms with Crippen LogP contribution in [0.5, 0.6) is 0 Å².